The summed E-state index contributed by atoms with van der Waals surface area (Å²) in [6.07, 6.45) is 0.584. The lowest BCUT2D eigenvalue weighted by molar-refractivity contribution is -0.127. The Hall–Kier alpha value is -1.10. The zero-order valence-corrected chi connectivity index (χ0v) is 13.3. The second-order valence-corrected chi connectivity index (χ2v) is 6.28. The van der Waals surface area contributed by atoms with E-state index in [0.717, 1.165) is 18.5 Å². The number of piperidine rings is 1. The maximum atomic E-state index is 12.2. The number of aliphatic hydroxyl groups excluding tert-OH is 1. The minimum Gasteiger partial charge on any atom is -0.392 e. The van der Waals surface area contributed by atoms with Crippen molar-refractivity contribution in [3.8, 4) is 0 Å². The minimum absolute atomic E-state index is 0.00768. The number of halogens is 1. The van der Waals surface area contributed by atoms with Crippen molar-refractivity contribution in [3.63, 3.8) is 0 Å². The molecule has 4 nitrogen and oxygen atoms in total. The van der Waals surface area contributed by atoms with Crippen LogP contribution >= 0.6 is 11.6 Å². The number of rotatable bonds is 4. The highest BCUT2D eigenvalue weighted by Crippen LogP contribution is 2.19. The molecule has 1 aliphatic rings. The molecule has 0 aromatic heterocycles. The van der Waals surface area contributed by atoms with Crippen molar-refractivity contribution in [2.75, 3.05) is 13.1 Å². The van der Waals surface area contributed by atoms with Gasteiger partial charge in [-0.15, -0.1) is 0 Å². The number of likely N-dealkylation sites (tertiary alicyclic amines) is 1. The van der Waals surface area contributed by atoms with Crippen molar-refractivity contribution in [2.24, 2.45) is 5.92 Å². The van der Waals surface area contributed by atoms with E-state index in [9.17, 15) is 9.90 Å². The van der Waals surface area contributed by atoms with E-state index in [4.69, 9.17) is 11.6 Å². The van der Waals surface area contributed by atoms with Crippen LogP contribution in [0.15, 0.2) is 24.3 Å². The first-order valence-corrected chi connectivity index (χ1v) is 7.79. The van der Waals surface area contributed by atoms with Crippen molar-refractivity contribution in [1.29, 1.82) is 0 Å². The molecule has 21 heavy (non-hydrogen) atoms. The number of nitrogens with one attached hydrogen (secondary N) is 1. The zero-order valence-electron chi connectivity index (χ0n) is 12.6. The van der Waals surface area contributed by atoms with E-state index in [2.05, 4.69) is 5.32 Å². The minimum atomic E-state index is -0.342. The third-order valence-electron chi connectivity index (χ3n) is 4.26. The monoisotopic (exact) mass is 310 g/mol. The number of aliphatic hydroxyl groups is 1. The highest BCUT2D eigenvalue weighted by molar-refractivity contribution is 6.30. The van der Waals surface area contributed by atoms with Gasteiger partial charge in [-0.05, 0) is 43.5 Å². The van der Waals surface area contributed by atoms with Gasteiger partial charge in [0.05, 0.1) is 12.1 Å². The molecule has 1 fully saturated rings. The molecule has 0 spiro atoms. The standard InChI is InChI=1S/C16H23ClN2O2/c1-11-7-8-19(10-15(11)20)12(2)16(21)18-9-13-3-5-14(17)6-4-13/h3-6,11-12,15,20H,7-10H2,1-2H3,(H,18,21). The molecule has 1 heterocycles. The van der Waals surface area contributed by atoms with E-state index in [1.165, 1.54) is 0 Å². The fraction of sp³-hybridized carbons (Fsp3) is 0.562. The smallest absolute Gasteiger partial charge is 0.237 e. The molecule has 1 saturated heterocycles. The summed E-state index contributed by atoms with van der Waals surface area (Å²) in [7, 11) is 0. The van der Waals surface area contributed by atoms with Crippen LogP contribution in [0.25, 0.3) is 0 Å². The van der Waals surface area contributed by atoms with Crippen molar-refractivity contribution >= 4 is 17.5 Å². The SMILES string of the molecule is CC1CCN(C(C)C(=O)NCc2ccc(Cl)cc2)CC1O. The maximum Gasteiger partial charge on any atom is 0.237 e. The second-order valence-electron chi connectivity index (χ2n) is 5.85. The van der Waals surface area contributed by atoms with Crippen LogP contribution in [0.3, 0.4) is 0 Å². The number of carbonyl (C=O) groups is 1. The number of carbonyl (C=O) groups excluding carboxylic acids is 1. The lowest BCUT2D eigenvalue weighted by Gasteiger charge is -2.37. The second kappa shape index (κ2) is 7.25. The largest absolute Gasteiger partial charge is 0.392 e. The van der Waals surface area contributed by atoms with Gasteiger partial charge in [-0.1, -0.05) is 30.7 Å². The lowest BCUT2D eigenvalue weighted by Crippen LogP contribution is -2.52. The number of amides is 1. The molecule has 2 rings (SSSR count). The molecule has 0 aliphatic carbocycles. The first kappa shape index (κ1) is 16.3. The summed E-state index contributed by atoms with van der Waals surface area (Å²) in [5.74, 6) is 0.303. The Morgan fingerprint density at radius 3 is 2.76 bits per heavy atom. The van der Waals surface area contributed by atoms with Crippen molar-refractivity contribution in [1.82, 2.24) is 10.2 Å². The average Bonchev–Trinajstić information content (AvgIpc) is 2.48. The molecule has 116 valence electrons. The fourth-order valence-electron chi connectivity index (χ4n) is 2.53. The Morgan fingerprint density at radius 1 is 1.48 bits per heavy atom. The van der Waals surface area contributed by atoms with Crippen LogP contribution in [-0.2, 0) is 11.3 Å². The fourth-order valence-corrected chi connectivity index (χ4v) is 2.66. The van der Waals surface area contributed by atoms with Gasteiger partial charge < -0.3 is 10.4 Å². The Bertz CT molecular complexity index is 478. The molecular weight excluding hydrogens is 288 g/mol. The predicted molar refractivity (Wildman–Crippen MR) is 84.1 cm³/mol. The van der Waals surface area contributed by atoms with Crippen molar-refractivity contribution in [3.05, 3.63) is 34.9 Å². The van der Waals surface area contributed by atoms with Crippen LogP contribution in [0.4, 0.5) is 0 Å². The predicted octanol–water partition coefficient (Wildman–Crippen LogP) is 2.05. The summed E-state index contributed by atoms with van der Waals surface area (Å²) in [6.45, 7) is 5.85. The quantitative estimate of drug-likeness (QED) is 0.895. The third kappa shape index (κ3) is 4.43. The van der Waals surface area contributed by atoms with Gasteiger partial charge in [-0.3, -0.25) is 9.69 Å². The first-order valence-electron chi connectivity index (χ1n) is 7.41. The van der Waals surface area contributed by atoms with Crippen LogP contribution < -0.4 is 5.32 Å². The molecule has 1 aromatic carbocycles. The summed E-state index contributed by atoms with van der Waals surface area (Å²) >= 11 is 5.83. The van der Waals surface area contributed by atoms with Crippen molar-refractivity contribution in [2.45, 2.75) is 39.0 Å². The lowest BCUT2D eigenvalue weighted by atomic mass is 9.95. The summed E-state index contributed by atoms with van der Waals surface area (Å²) in [4.78, 5) is 14.3. The van der Waals surface area contributed by atoms with E-state index < -0.39 is 0 Å². The van der Waals surface area contributed by atoms with Gasteiger partial charge in [0.1, 0.15) is 0 Å². The van der Waals surface area contributed by atoms with E-state index in [0.29, 0.717) is 24.0 Å². The van der Waals surface area contributed by atoms with Gasteiger partial charge in [-0.25, -0.2) is 0 Å². The molecule has 2 N–H and O–H groups in total. The summed E-state index contributed by atoms with van der Waals surface area (Å²) in [5, 5.41) is 13.6. The number of nitrogens with zero attached hydrogens (tertiary/aromatic N) is 1. The van der Waals surface area contributed by atoms with Crippen LogP contribution in [-0.4, -0.2) is 41.1 Å². The van der Waals surface area contributed by atoms with Gasteiger partial charge in [0.2, 0.25) is 5.91 Å². The van der Waals surface area contributed by atoms with E-state index in [1.54, 1.807) is 0 Å². The summed E-state index contributed by atoms with van der Waals surface area (Å²) in [6, 6.07) is 7.21. The van der Waals surface area contributed by atoms with Gasteiger partial charge in [-0.2, -0.15) is 0 Å². The number of benzene rings is 1. The third-order valence-corrected chi connectivity index (χ3v) is 4.51. The topological polar surface area (TPSA) is 52.6 Å². The van der Waals surface area contributed by atoms with Crippen LogP contribution in [0, 0.1) is 5.92 Å². The normalized spacial score (nSPS) is 24.6. The highest BCUT2D eigenvalue weighted by atomic mass is 35.5. The number of hydrogen-bond donors (Lipinski definition) is 2. The van der Waals surface area contributed by atoms with Gasteiger partial charge in [0, 0.05) is 18.1 Å². The molecule has 0 radical (unpaired) electrons. The van der Waals surface area contributed by atoms with Gasteiger partial charge in [0.15, 0.2) is 0 Å². The van der Waals surface area contributed by atoms with Crippen LogP contribution in [0.5, 0.6) is 0 Å². The highest BCUT2D eigenvalue weighted by Gasteiger charge is 2.29. The Kier molecular flexibility index (Phi) is 5.62. The van der Waals surface area contributed by atoms with Gasteiger partial charge in [0.25, 0.3) is 0 Å². The van der Waals surface area contributed by atoms with Gasteiger partial charge >= 0.3 is 0 Å². The summed E-state index contributed by atoms with van der Waals surface area (Å²) in [5.41, 5.74) is 1.02. The Balaban J connectivity index is 1.83. The molecule has 1 aromatic rings. The molecule has 3 unspecified atom stereocenters. The molecule has 0 bridgehead atoms. The molecular formula is C16H23ClN2O2. The van der Waals surface area contributed by atoms with E-state index in [-0.39, 0.29) is 18.1 Å². The number of β-amino-alcohol motifs (C(OH)–C–C–N with tert-alkyl or cyclic N) is 1. The number of hydrogen-bond acceptors (Lipinski definition) is 3. The average molecular weight is 311 g/mol. The van der Waals surface area contributed by atoms with E-state index in [1.807, 2.05) is 43.0 Å². The molecule has 0 saturated carbocycles. The van der Waals surface area contributed by atoms with Crippen molar-refractivity contribution < 1.29 is 9.90 Å². The van der Waals surface area contributed by atoms with E-state index >= 15 is 0 Å². The maximum absolute atomic E-state index is 12.2. The van der Waals surface area contributed by atoms with Crippen LogP contribution in [0.2, 0.25) is 5.02 Å². The Labute approximate surface area is 131 Å². The first-order chi connectivity index (χ1) is 9.97. The molecule has 5 heteroatoms. The summed E-state index contributed by atoms with van der Waals surface area (Å²) < 4.78 is 0. The zero-order chi connectivity index (χ0) is 15.4. The molecule has 1 aliphatic heterocycles. The molecule has 1 amide bonds. The Morgan fingerprint density at radius 2 is 2.14 bits per heavy atom. The molecule has 3 atom stereocenters. The van der Waals surface area contributed by atoms with Crippen LogP contribution in [0.1, 0.15) is 25.8 Å².